The first-order valence-electron chi connectivity index (χ1n) is 7.54. The highest BCUT2D eigenvalue weighted by atomic mass is 16.6. The highest BCUT2D eigenvalue weighted by Gasteiger charge is 2.49. The monoisotopic (exact) mass is 302 g/mol. The number of hydrogen-bond acceptors (Lipinski definition) is 3. The first-order valence-corrected chi connectivity index (χ1v) is 7.54. The van der Waals surface area contributed by atoms with Gasteiger partial charge in [-0.2, -0.15) is 0 Å². The third-order valence-corrected chi connectivity index (χ3v) is 4.37. The predicted molar refractivity (Wildman–Crippen MR) is 86.9 cm³/mol. The van der Waals surface area contributed by atoms with E-state index in [9.17, 15) is 9.59 Å². The van der Waals surface area contributed by atoms with E-state index in [0.717, 1.165) is 22.3 Å². The van der Waals surface area contributed by atoms with Crippen molar-refractivity contribution in [1.29, 1.82) is 0 Å². The van der Waals surface area contributed by atoms with Gasteiger partial charge in [0.2, 0.25) is 0 Å². The zero-order chi connectivity index (χ0) is 15.8. The Bertz CT molecular complexity index is 760. The molecule has 4 rings (SSSR count). The number of ether oxygens (including phenoxy) is 1. The summed E-state index contributed by atoms with van der Waals surface area (Å²) in [6.45, 7) is 0. The van der Waals surface area contributed by atoms with Crippen LogP contribution in [0.5, 0.6) is 0 Å². The minimum atomic E-state index is -0.565. The Hall–Kier alpha value is -2.94. The van der Waals surface area contributed by atoms with Gasteiger partial charge in [-0.25, -0.2) is 0 Å². The Balaban J connectivity index is 1.87. The molecular weight excluding hydrogens is 288 g/mol. The molecule has 23 heavy (non-hydrogen) atoms. The van der Waals surface area contributed by atoms with Crippen LogP contribution in [0.2, 0.25) is 0 Å². The number of benzene rings is 2. The molecule has 2 aliphatic rings. The molecule has 1 aliphatic carbocycles. The molecule has 112 valence electrons. The summed E-state index contributed by atoms with van der Waals surface area (Å²) in [6, 6.07) is 19.3. The Morgan fingerprint density at radius 2 is 1.00 bits per heavy atom. The van der Waals surface area contributed by atoms with Crippen molar-refractivity contribution in [2.45, 2.75) is 0 Å². The van der Waals surface area contributed by atoms with Crippen LogP contribution in [0.25, 0.3) is 11.1 Å². The summed E-state index contributed by atoms with van der Waals surface area (Å²) < 4.78 is 4.95. The molecule has 1 fully saturated rings. The fourth-order valence-corrected chi connectivity index (χ4v) is 3.31. The van der Waals surface area contributed by atoms with E-state index in [1.807, 2.05) is 72.8 Å². The SMILES string of the molecule is O=C1OC(=O)[C@H]2C(c3ccccc3)=CC=C(c3ccccc3)[C@@H]12. The maximum absolute atomic E-state index is 12.3. The summed E-state index contributed by atoms with van der Waals surface area (Å²) in [6.07, 6.45) is 3.86. The average molecular weight is 302 g/mol. The largest absolute Gasteiger partial charge is 0.392 e. The molecule has 0 bridgehead atoms. The molecule has 3 heteroatoms. The standard InChI is InChI=1S/C20H14O3/c21-19-17-15(13-7-3-1-4-8-13)11-12-16(18(17)20(22)23-19)14-9-5-2-6-10-14/h1-12,17-18H/t17-,18+. The van der Waals surface area contributed by atoms with Gasteiger partial charge in [0.25, 0.3) is 0 Å². The minimum Gasteiger partial charge on any atom is -0.392 e. The zero-order valence-corrected chi connectivity index (χ0v) is 12.3. The first kappa shape index (κ1) is 13.7. The molecule has 0 spiro atoms. The van der Waals surface area contributed by atoms with E-state index in [2.05, 4.69) is 0 Å². The van der Waals surface area contributed by atoms with Gasteiger partial charge in [-0.15, -0.1) is 0 Å². The van der Waals surface area contributed by atoms with Crippen molar-refractivity contribution in [3.63, 3.8) is 0 Å². The number of carbonyl (C=O) groups is 2. The van der Waals surface area contributed by atoms with Crippen LogP contribution in [0, 0.1) is 11.8 Å². The van der Waals surface area contributed by atoms with Gasteiger partial charge in [0.05, 0.1) is 0 Å². The second-order valence-electron chi connectivity index (χ2n) is 5.67. The van der Waals surface area contributed by atoms with Gasteiger partial charge < -0.3 is 4.74 Å². The second-order valence-corrected chi connectivity index (χ2v) is 5.67. The lowest BCUT2D eigenvalue weighted by Crippen LogP contribution is -2.23. The van der Waals surface area contributed by atoms with Crippen molar-refractivity contribution in [1.82, 2.24) is 0 Å². The van der Waals surface area contributed by atoms with Crippen LogP contribution < -0.4 is 0 Å². The topological polar surface area (TPSA) is 43.4 Å². The Morgan fingerprint density at radius 3 is 1.39 bits per heavy atom. The number of allylic oxidation sites excluding steroid dienone is 2. The second kappa shape index (κ2) is 5.36. The quantitative estimate of drug-likeness (QED) is 0.630. The Morgan fingerprint density at radius 1 is 0.609 bits per heavy atom. The molecule has 1 heterocycles. The maximum atomic E-state index is 12.3. The lowest BCUT2D eigenvalue weighted by atomic mass is 9.74. The minimum absolute atomic E-state index is 0.461. The lowest BCUT2D eigenvalue weighted by Gasteiger charge is -2.24. The first-order chi connectivity index (χ1) is 11.3. The van der Waals surface area contributed by atoms with Crippen LogP contribution >= 0.6 is 0 Å². The van der Waals surface area contributed by atoms with Gasteiger partial charge in [-0.1, -0.05) is 72.8 Å². The molecule has 1 saturated heterocycles. The molecule has 0 unspecified atom stereocenters. The molecule has 0 amide bonds. The molecular formula is C20H14O3. The van der Waals surface area contributed by atoms with Crippen molar-refractivity contribution >= 4 is 23.1 Å². The van der Waals surface area contributed by atoms with Gasteiger partial charge in [-0.05, 0) is 22.3 Å². The van der Waals surface area contributed by atoms with Gasteiger partial charge in [0.15, 0.2) is 0 Å². The number of cyclic esters (lactones) is 2. The predicted octanol–water partition coefficient (Wildman–Crippen LogP) is 3.48. The van der Waals surface area contributed by atoms with Crippen molar-refractivity contribution in [2.75, 3.05) is 0 Å². The molecule has 2 aromatic carbocycles. The van der Waals surface area contributed by atoms with Gasteiger partial charge in [0.1, 0.15) is 11.8 Å². The van der Waals surface area contributed by atoms with E-state index in [-0.39, 0.29) is 0 Å². The number of fused-ring (bicyclic) bond motifs is 1. The summed E-state index contributed by atoms with van der Waals surface area (Å²) in [5, 5.41) is 0. The fourth-order valence-electron chi connectivity index (χ4n) is 3.31. The van der Waals surface area contributed by atoms with Crippen LogP contribution in [-0.4, -0.2) is 11.9 Å². The molecule has 2 aromatic rings. The van der Waals surface area contributed by atoms with Crippen molar-refractivity contribution in [3.05, 3.63) is 83.9 Å². The third-order valence-electron chi connectivity index (χ3n) is 4.37. The molecule has 0 aromatic heterocycles. The average Bonchev–Trinajstić information content (AvgIpc) is 2.91. The number of esters is 2. The summed E-state index contributed by atoms with van der Waals surface area (Å²) >= 11 is 0. The lowest BCUT2D eigenvalue weighted by molar-refractivity contribution is -0.153. The molecule has 0 saturated carbocycles. The molecule has 3 nitrogen and oxygen atoms in total. The number of carbonyl (C=O) groups excluding carboxylic acids is 2. The normalized spacial score (nSPS) is 23.0. The number of rotatable bonds is 2. The van der Waals surface area contributed by atoms with Crippen molar-refractivity contribution in [2.24, 2.45) is 11.8 Å². The van der Waals surface area contributed by atoms with E-state index in [0.29, 0.717) is 0 Å². The summed E-state index contributed by atoms with van der Waals surface area (Å²) in [5.74, 6) is -2.05. The highest BCUT2D eigenvalue weighted by Crippen LogP contribution is 2.45. The fraction of sp³-hybridized carbons (Fsp3) is 0.100. The molecule has 1 aliphatic heterocycles. The Kier molecular flexibility index (Phi) is 3.19. The Labute approximate surface area is 133 Å². The van der Waals surface area contributed by atoms with E-state index in [4.69, 9.17) is 4.74 Å². The van der Waals surface area contributed by atoms with Crippen LogP contribution in [-0.2, 0) is 14.3 Å². The van der Waals surface area contributed by atoms with Gasteiger partial charge >= 0.3 is 11.9 Å². The van der Waals surface area contributed by atoms with Crippen molar-refractivity contribution in [3.8, 4) is 0 Å². The van der Waals surface area contributed by atoms with Crippen molar-refractivity contribution < 1.29 is 14.3 Å². The van der Waals surface area contributed by atoms with E-state index >= 15 is 0 Å². The summed E-state index contributed by atoms with van der Waals surface area (Å²) in [4.78, 5) is 24.5. The zero-order valence-electron chi connectivity index (χ0n) is 12.3. The van der Waals surface area contributed by atoms with Crippen LogP contribution in [0.4, 0.5) is 0 Å². The molecule has 0 radical (unpaired) electrons. The van der Waals surface area contributed by atoms with Gasteiger partial charge in [0, 0.05) is 0 Å². The molecule has 0 N–H and O–H groups in total. The number of hydrogen-bond donors (Lipinski definition) is 0. The van der Waals surface area contributed by atoms with Crippen LogP contribution in [0.3, 0.4) is 0 Å². The molecule has 2 atom stereocenters. The van der Waals surface area contributed by atoms with E-state index < -0.39 is 23.8 Å². The smallest absolute Gasteiger partial charge is 0.322 e. The van der Waals surface area contributed by atoms with Gasteiger partial charge in [-0.3, -0.25) is 9.59 Å². The van der Waals surface area contributed by atoms with Crippen LogP contribution in [0.15, 0.2) is 72.8 Å². The summed E-state index contributed by atoms with van der Waals surface area (Å²) in [7, 11) is 0. The maximum Gasteiger partial charge on any atom is 0.322 e. The van der Waals surface area contributed by atoms with E-state index in [1.165, 1.54) is 0 Å². The van der Waals surface area contributed by atoms with Crippen LogP contribution in [0.1, 0.15) is 11.1 Å². The third kappa shape index (κ3) is 2.21. The summed E-state index contributed by atoms with van der Waals surface area (Å²) in [5.41, 5.74) is 3.56. The highest BCUT2D eigenvalue weighted by molar-refractivity contribution is 6.10. The van der Waals surface area contributed by atoms with E-state index in [1.54, 1.807) is 0 Å².